The Hall–Kier alpha value is -2.06. The first-order valence-electron chi connectivity index (χ1n) is 7.02. The Kier molecular flexibility index (Phi) is 5.51. The first-order valence-corrected chi connectivity index (χ1v) is 7.40. The summed E-state index contributed by atoms with van der Waals surface area (Å²) in [6, 6.07) is 3.67. The van der Waals surface area contributed by atoms with Gasteiger partial charge in [-0.25, -0.2) is 0 Å². The van der Waals surface area contributed by atoms with E-state index in [1.54, 1.807) is 6.92 Å². The molecule has 2 rings (SSSR count). The average Bonchev–Trinajstić information content (AvgIpc) is 2.93. The summed E-state index contributed by atoms with van der Waals surface area (Å²) in [5, 5.41) is 15.1. The summed E-state index contributed by atoms with van der Waals surface area (Å²) in [6.45, 7) is 1.53. The van der Waals surface area contributed by atoms with Crippen LogP contribution in [0.1, 0.15) is 29.4 Å². The molecule has 9 heteroatoms. The molecule has 0 spiro atoms. The van der Waals surface area contributed by atoms with Gasteiger partial charge in [0, 0.05) is 5.56 Å². The van der Waals surface area contributed by atoms with E-state index in [0.29, 0.717) is 6.42 Å². The maximum atomic E-state index is 12.6. The summed E-state index contributed by atoms with van der Waals surface area (Å²) in [5.41, 5.74) is -0.749. The molecule has 5 nitrogen and oxygen atoms in total. The zero-order valence-corrected chi connectivity index (χ0v) is 13.3. The topological polar surface area (TPSA) is 75.4 Å². The van der Waals surface area contributed by atoms with Crippen molar-refractivity contribution < 1.29 is 27.6 Å². The van der Waals surface area contributed by atoms with Gasteiger partial charge in [-0.1, -0.05) is 35.8 Å². The summed E-state index contributed by atoms with van der Waals surface area (Å²) in [7, 11) is 0. The predicted octanol–water partition coefficient (Wildman–Crippen LogP) is 3.51. The number of benzene rings is 1. The van der Waals surface area contributed by atoms with Crippen LogP contribution in [0.3, 0.4) is 0 Å². The second-order valence-corrected chi connectivity index (χ2v) is 5.39. The minimum absolute atomic E-state index is 0.00686. The number of nitrogens with one attached hydrogen (secondary N) is 1. The summed E-state index contributed by atoms with van der Waals surface area (Å²) < 4.78 is 42.7. The number of alkyl halides is 3. The second kappa shape index (κ2) is 7.23. The van der Waals surface area contributed by atoms with Crippen LogP contribution in [0, 0.1) is 0 Å². The van der Waals surface area contributed by atoms with Gasteiger partial charge in [0.15, 0.2) is 11.5 Å². The van der Waals surface area contributed by atoms with Crippen molar-refractivity contribution in [1.82, 2.24) is 10.5 Å². The van der Waals surface area contributed by atoms with Gasteiger partial charge in [-0.3, -0.25) is 4.79 Å². The van der Waals surface area contributed by atoms with Crippen LogP contribution < -0.4 is 5.32 Å². The van der Waals surface area contributed by atoms with Gasteiger partial charge in [0.05, 0.1) is 18.2 Å². The molecule has 1 heterocycles. The van der Waals surface area contributed by atoms with E-state index in [0.717, 1.165) is 12.1 Å². The van der Waals surface area contributed by atoms with E-state index in [-0.39, 0.29) is 28.6 Å². The van der Waals surface area contributed by atoms with Gasteiger partial charge in [-0.2, -0.15) is 13.2 Å². The lowest BCUT2D eigenvalue weighted by atomic mass is 10.1. The quantitative estimate of drug-likeness (QED) is 0.853. The third-order valence-corrected chi connectivity index (χ3v) is 3.72. The van der Waals surface area contributed by atoms with E-state index in [2.05, 4.69) is 10.5 Å². The summed E-state index contributed by atoms with van der Waals surface area (Å²) in [5.74, 6) is -0.643. The van der Waals surface area contributed by atoms with Crippen molar-refractivity contribution in [3.05, 3.63) is 40.5 Å². The van der Waals surface area contributed by atoms with E-state index in [9.17, 15) is 18.0 Å². The molecule has 0 unspecified atom stereocenters. The molecule has 1 aromatic carbocycles. The molecule has 0 saturated heterocycles. The lowest BCUT2D eigenvalue weighted by Gasteiger charge is -2.12. The maximum absolute atomic E-state index is 12.6. The molecule has 0 saturated carbocycles. The highest BCUT2D eigenvalue weighted by molar-refractivity contribution is 6.35. The van der Waals surface area contributed by atoms with Gasteiger partial charge < -0.3 is 14.9 Å². The van der Waals surface area contributed by atoms with Gasteiger partial charge in [0.1, 0.15) is 5.02 Å². The van der Waals surface area contributed by atoms with Crippen LogP contribution in [-0.4, -0.2) is 28.8 Å². The first-order chi connectivity index (χ1) is 11.3. The number of hydrogen-bond acceptors (Lipinski definition) is 4. The molecule has 0 aliphatic rings. The summed E-state index contributed by atoms with van der Waals surface area (Å²) in [4.78, 5) is 12.0. The molecular weight excluding hydrogens is 349 g/mol. The predicted molar refractivity (Wildman–Crippen MR) is 80.6 cm³/mol. The minimum atomic E-state index is -4.45. The van der Waals surface area contributed by atoms with Crippen molar-refractivity contribution in [3.8, 4) is 11.3 Å². The first kappa shape index (κ1) is 18.3. The minimum Gasteiger partial charge on any atom is -0.394 e. The molecule has 2 N–H and O–H groups in total. The maximum Gasteiger partial charge on any atom is 0.416 e. The van der Waals surface area contributed by atoms with Gasteiger partial charge in [0.2, 0.25) is 0 Å². The van der Waals surface area contributed by atoms with Crippen LogP contribution in [0.4, 0.5) is 13.2 Å². The standard InChI is InChI=1S/C15H14ClF3N2O3/c1-2-10(7-22)20-14(23)12-11(16)13(24-21-12)8-3-5-9(6-4-8)15(17,18)19/h3-6,10,22H,2,7H2,1H3,(H,20,23)/t10-/m1/s1. The van der Waals surface area contributed by atoms with Gasteiger partial charge in [-0.15, -0.1) is 0 Å². The molecule has 0 aliphatic carbocycles. The third-order valence-electron chi connectivity index (χ3n) is 3.37. The lowest BCUT2D eigenvalue weighted by molar-refractivity contribution is -0.137. The molecule has 0 fully saturated rings. The van der Waals surface area contributed by atoms with Crippen molar-refractivity contribution in [3.63, 3.8) is 0 Å². The molecule has 1 aromatic heterocycles. The number of rotatable bonds is 5. The normalized spacial score (nSPS) is 12.9. The Bertz CT molecular complexity index is 710. The number of aromatic nitrogens is 1. The average molecular weight is 363 g/mol. The van der Waals surface area contributed by atoms with Gasteiger partial charge in [0.25, 0.3) is 5.91 Å². The van der Waals surface area contributed by atoms with E-state index in [1.165, 1.54) is 12.1 Å². The Morgan fingerprint density at radius 3 is 2.50 bits per heavy atom. The smallest absolute Gasteiger partial charge is 0.394 e. The fourth-order valence-corrected chi connectivity index (χ4v) is 2.20. The highest BCUT2D eigenvalue weighted by Gasteiger charge is 2.30. The van der Waals surface area contributed by atoms with Crippen LogP contribution in [0.2, 0.25) is 5.02 Å². The number of carbonyl (C=O) groups is 1. The lowest BCUT2D eigenvalue weighted by Crippen LogP contribution is -2.37. The second-order valence-electron chi connectivity index (χ2n) is 5.01. The number of halogens is 4. The van der Waals surface area contributed by atoms with Gasteiger partial charge >= 0.3 is 6.18 Å². The Morgan fingerprint density at radius 1 is 1.38 bits per heavy atom. The molecular formula is C15H14ClF3N2O3. The Labute approximate surface area is 140 Å². The van der Waals surface area contributed by atoms with Crippen molar-refractivity contribution in [2.75, 3.05) is 6.61 Å². The van der Waals surface area contributed by atoms with Crippen molar-refractivity contribution in [1.29, 1.82) is 0 Å². The zero-order valence-electron chi connectivity index (χ0n) is 12.5. The molecule has 130 valence electrons. The number of carbonyl (C=O) groups excluding carboxylic acids is 1. The van der Waals surface area contributed by atoms with Crippen molar-refractivity contribution in [2.24, 2.45) is 0 Å². The molecule has 1 amide bonds. The van der Waals surface area contributed by atoms with E-state index >= 15 is 0 Å². The molecule has 24 heavy (non-hydrogen) atoms. The van der Waals surface area contributed by atoms with Crippen molar-refractivity contribution >= 4 is 17.5 Å². The van der Waals surface area contributed by atoms with E-state index in [1.807, 2.05) is 0 Å². The van der Waals surface area contributed by atoms with Crippen LogP contribution in [0.5, 0.6) is 0 Å². The SMILES string of the molecule is CC[C@H](CO)NC(=O)c1noc(-c2ccc(C(F)(F)F)cc2)c1Cl. The highest BCUT2D eigenvalue weighted by atomic mass is 35.5. The molecule has 1 atom stereocenters. The zero-order chi connectivity index (χ0) is 17.9. The molecule has 0 bridgehead atoms. The van der Waals surface area contributed by atoms with Crippen LogP contribution in [0.25, 0.3) is 11.3 Å². The summed E-state index contributed by atoms with van der Waals surface area (Å²) in [6.07, 6.45) is -3.95. The molecule has 0 radical (unpaired) electrons. The number of aliphatic hydroxyl groups is 1. The monoisotopic (exact) mass is 362 g/mol. The molecule has 0 aliphatic heterocycles. The van der Waals surface area contributed by atoms with Crippen molar-refractivity contribution in [2.45, 2.75) is 25.6 Å². The molecule has 2 aromatic rings. The summed E-state index contributed by atoms with van der Waals surface area (Å²) >= 11 is 6.05. The van der Waals surface area contributed by atoms with Crippen LogP contribution >= 0.6 is 11.6 Å². The largest absolute Gasteiger partial charge is 0.416 e. The number of aliphatic hydroxyl groups excluding tert-OH is 1. The number of hydrogen-bond donors (Lipinski definition) is 2. The highest BCUT2D eigenvalue weighted by Crippen LogP contribution is 2.34. The van der Waals surface area contributed by atoms with Crippen LogP contribution in [0.15, 0.2) is 28.8 Å². The van der Waals surface area contributed by atoms with Crippen LogP contribution in [-0.2, 0) is 6.18 Å². The number of nitrogens with zero attached hydrogens (tertiary/aromatic N) is 1. The fraction of sp³-hybridized carbons (Fsp3) is 0.333. The fourth-order valence-electron chi connectivity index (χ4n) is 1.94. The van der Waals surface area contributed by atoms with E-state index in [4.69, 9.17) is 21.2 Å². The number of amides is 1. The van der Waals surface area contributed by atoms with Gasteiger partial charge in [-0.05, 0) is 18.6 Å². The Morgan fingerprint density at radius 2 is 2.00 bits per heavy atom. The Balaban J connectivity index is 2.25. The van der Waals surface area contributed by atoms with E-state index < -0.39 is 23.7 Å². The third kappa shape index (κ3) is 3.88.